The van der Waals surface area contributed by atoms with E-state index in [0.717, 1.165) is 11.4 Å². The molecule has 5 nitrogen and oxygen atoms in total. The fourth-order valence-electron chi connectivity index (χ4n) is 1.31. The van der Waals surface area contributed by atoms with Crippen molar-refractivity contribution in [3.8, 4) is 0 Å². The Kier molecular flexibility index (Phi) is 2.37. The van der Waals surface area contributed by atoms with E-state index in [0.29, 0.717) is 5.78 Å². The Balaban J connectivity index is 2.53. The lowest BCUT2D eigenvalue weighted by Crippen LogP contribution is -2.01. The molecule has 0 unspecified atom stereocenters. The zero-order valence-corrected chi connectivity index (χ0v) is 9.05. The van der Waals surface area contributed by atoms with Crippen molar-refractivity contribution >= 4 is 11.9 Å². The largest absolute Gasteiger partial charge is 0.383 e. The van der Waals surface area contributed by atoms with Crippen molar-refractivity contribution in [2.45, 2.75) is 6.92 Å². The van der Waals surface area contributed by atoms with E-state index in [4.69, 9.17) is 0 Å². The molecule has 15 heavy (non-hydrogen) atoms. The van der Waals surface area contributed by atoms with E-state index in [1.54, 1.807) is 6.33 Å². The summed E-state index contributed by atoms with van der Waals surface area (Å²) in [6.07, 6.45) is 5.65. The molecule has 0 saturated carbocycles. The van der Waals surface area contributed by atoms with E-state index < -0.39 is 0 Å². The Morgan fingerprint density at radius 1 is 1.40 bits per heavy atom. The molecule has 0 atom stereocenters. The molecule has 2 rings (SSSR count). The first-order chi connectivity index (χ1) is 7.16. The summed E-state index contributed by atoms with van der Waals surface area (Å²) in [5, 5.41) is 7.75. The van der Waals surface area contributed by atoms with Gasteiger partial charge < -0.3 is 4.90 Å². The Morgan fingerprint density at radius 3 is 2.93 bits per heavy atom. The van der Waals surface area contributed by atoms with Crippen LogP contribution in [0.3, 0.4) is 0 Å². The van der Waals surface area contributed by atoms with Gasteiger partial charge in [0.1, 0.15) is 6.33 Å². The van der Waals surface area contributed by atoms with Gasteiger partial charge in [-0.2, -0.15) is 0 Å². The van der Waals surface area contributed by atoms with E-state index in [1.807, 2.05) is 48.7 Å². The van der Waals surface area contributed by atoms with Crippen molar-refractivity contribution in [2.24, 2.45) is 0 Å². The van der Waals surface area contributed by atoms with Gasteiger partial charge in [0.15, 0.2) is 0 Å². The Bertz CT molecular complexity index is 497. The number of aromatic nitrogens is 4. The van der Waals surface area contributed by atoms with E-state index in [-0.39, 0.29) is 0 Å². The zero-order valence-electron chi connectivity index (χ0n) is 9.05. The molecule has 0 bridgehead atoms. The third kappa shape index (κ3) is 1.96. The summed E-state index contributed by atoms with van der Waals surface area (Å²) >= 11 is 0. The molecule has 2 aromatic rings. The van der Waals surface area contributed by atoms with Crippen molar-refractivity contribution in [3.05, 3.63) is 30.0 Å². The SMILES string of the molecule is Cc1cc(/C=C/N(C)C)n2cnnc2n1. The molecule has 0 amide bonds. The molecule has 0 saturated heterocycles. The van der Waals surface area contributed by atoms with Crippen LogP contribution in [0.5, 0.6) is 0 Å². The van der Waals surface area contributed by atoms with Crippen LogP contribution in [0.15, 0.2) is 18.6 Å². The molecule has 78 valence electrons. The normalized spacial score (nSPS) is 11.4. The Labute approximate surface area is 88.1 Å². The van der Waals surface area contributed by atoms with Gasteiger partial charge in [-0.15, -0.1) is 10.2 Å². The molecule has 2 heterocycles. The second-order valence-corrected chi connectivity index (χ2v) is 3.60. The van der Waals surface area contributed by atoms with Gasteiger partial charge in [-0.25, -0.2) is 4.98 Å². The maximum absolute atomic E-state index is 4.27. The number of nitrogens with zero attached hydrogens (tertiary/aromatic N) is 5. The van der Waals surface area contributed by atoms with Crippen molar-refractivity contribution in [1.29, 1.82) is 0 Å². The molecular weight excluding hydrogens is 190 g/mol. The van der Waals surface area contributed by atoms with Crippen LogP contribution in [0.25, 0.3) is 11.9 Å². The number of fused-ring (bicyclic) bond motifs is 1. The maximum atomic E-state index is 4.27. The van der Waals surface area contributed by atoms with Gasteiger partial charge in [0.05, 0.1) is 5.69 Å². The average Bonchev–Trinajstić information content (AvgIpc) is 2.61. The van der Waals surface area contributed by atoms with E-state index >= 15 is 0 Å². The highest BCUT2D eigenvalue weighted by Gasteiger charge is 2.01. The summed E-state index contributed by atoms with van der Waals surface area (Å²) in [7, 11) is 3.96. The fraction of sp³-hybridized carbons (Fsp3) is 0.300. The average molecular weight is 203 g/mol. The first kappa shape index (κ1) is 9.64. The molecular formula is C10H13N5. The van der Waals surface area contributed by atoms with Crippen LogP contribution >= 0.6 is 0 Å². The summed E-state index contributed by atoms with van der Waals surface area (Å²) in [6.45, 7) is 1.95. The summed E-state index contributed by atoms with van der Waals surface area (Å²) in [5.74, 6) is 0.633. The number of rotatable bonds is 2. The van der Waals surface area contributed by atoms with Gasteiger partial charge in [-0.1, -0.05) is 0 Å². The van der Waals surface area contributed by atoms with E-state index in [1.165, 1.54) is 0 Å². The Hall–Kier alpha value is -1.91. The molecule has 0 aliphatic rings. The van der Waals surface area contributed by atoms with E-state index in [9.17, 15) is 0 Å². The quantitative estimate of drug-likeness (QED) is 0.729. The lowest BCUT2D eigenvalue weighted by molar-refractivity contribution is 0.567. The number of hydrogen-bond donors (Lipinski definition) is 0. The topological polar surface area (TPSA) is 46.3 Å². The lowest BCUT2D eigenvalue weighted by Gasteiger charge is -2.04. The van der Waals surface area contributed by atoms with Gasteiger partial charge in [0.2, 0.25) is 0 Å². The molecule has 0 aliphatic carbocycles. The van der Waals surface area contributed by atoms with Crippen molar-refractivity contribution < 1.29 is 0 Å². The Morgan fingerprint density at radius 2 is 2.20 bits per heavy atom. The second kappa shape index (κ2) is 3.68. The number of aryl methyl sites for hydroxylation is 1. The molecule has 0 spiro atoms. The highest BCUT2D eigenvalue weighted by molar-refractivity contribution is 5.49. The minimum absolute atomic E-state index is 0.633. The number of hydrogen-bond acceptors (Lipinski definition) is 4. The zero-order chi connectivity index (χ0) is 10.8. The maximum Gasteiger partial charge on any atom is 0.255 e. The van der Waals surface area contributed by atoms with Gasteiger partial charge in [0.25, 0.3) is 5.78 Å². The van der Waals surface area contributed by atoms with Crippen LogP contribution in [0.2, 0.25) is 0 Å². The standard InChI is InChI=1S/C10H13N5/c1-8-6-9(4-5-14(2)3)15-7-11-13-10(15)12-8/h4-7H,1-3H3/b5-4+. The summed E-state index contributed by atoms with van der Waals surface area (Å²) in [6, 6.07) is 2.00. The van der Waals surface area contributed by atoms with Crippen LogP contribution in [0, 0.1) is 6.92 Å². The molecule has 0 aromatic carbocycles. The third-order valence-electron chi connectivity index (χ3n) is 1.98. The van der Waals surface area contributed by atoms with Crippen LogP contribution < -0.4 is 0 Å². The smallest absolute Gasteiger partial charge is 0.255 e. The molecule has 0 N–H and O–H groups in total. The first-order valence-electron chi connectivity index (χ1n) is 4.69. The van der Waals surface area contributed by atoms with Crippen molar-refractivity contribution in [3.63, 3.8) is 0 Å². The predicted molar refractivity (Wildman–Crippen MR) is 58.2 cm³/mol. The van der Waals surface area contributed by atoms with Gasteiger partial charge in [-0.3, -0.25) is 4.40 Å². The van der Waals surface area contributed by atoms with Crippen LogP contribution in [-0.4, -0.2) is 38.6 Å². The minimum Gasteiger partial charge on any atom is -0.383 e. The summed E-state index contributed by atoms with van der Waals surface area (Å²) < 4.78 is 1.85. The lowest BCUT2D eigenvalue weighted by atomic mass is 10.3. The predicted octanol–water partition coefficient (Wildman–Crippen LogP) is 0.965. The molecule has 2 aromatic heterocycles. The minimum atomic E-state index is 0.633. The monoisotopic (exact) mass is 203 g/mol. The van der Waals surface area contributed by atoms with Gasteiger partial charge in [-0.05, 0) is 19.1 Å². The fourth-order valence-corrected chi connectivity index (χ4v) is 1.31. The molecule has 0 fully saturated rings. The second-order valence-electron chi connectivity index (χ2n) is 3.60. The third-order valence-corrected chi connectivity index (χ3v) is 1.98. The highest BCUT2D eigenvalue weighted by atomic mass is 15.3. The first-order valence-corrected chi connectivity index (χ1v) is 4.69. The molecule has 5 heteroatoms. The van der Waals surface area contributed by atoms with E-state index in [2.05, 4.69) is 15.2 Å². The van der Waals surface area contributed by atoms with Crippen LogP contribution in [0.1, 0.15) is 11.4 Å². The summed E-state index contributed by atoms with van der Waals surface area (Å²) in [4.78, 5) is 6.24. The van der Waals surface area contributed by atoms with Gasteiger partial charge in [0, 0.05) is 26.0 Å². The van der Waals surface area contributed by atoms with Gasteiger partial charge >= 0.3 is 0 Å². The van der Waals surface area contributed by atoms with Crippen molar-refractivity contribution in [1.82, 2.24) is 24.5 Å². The molecule has 0 aliphatic heterocycles. The van der Waals surface area contributed by atoms with Crippen LogP contribution in [-0.2, 0) is 0 Å². The van der Waals surface area contributed by atoms with Crippen molar-refractivity contribution in [2.75, 3.05) is 14.1 Å². The van der Waals surface area contributed by atoms with Crippen LogP contribution in [0.4, 0.5) is 0 Å². The summed E-state index contributed by atoms with van der Waals surface area (Å²) in [5.41, 5.74) is 1.96. The highest BCUT2D eigenvalue weighted by Crippen LogP contribution is 2.07. The molecule has 0 radical (unpaired) electrons.